The lowest BCUT2D eigenvalue weighted by Crippen LogP contribution is -2.45. The number of aromatic amines is 1. The predicted octanol–water partition coefficient (Wildman–Crippen LogP) is 2.03. The van der Waals surface area contributed by atoms with Crippen LogP contribution in [0.15, 0.2) is 30.5 Å². The van der Waals surface area contributed by atoms with Crippen molar-refractivity contribution in [2.24, 2.45) is 0 Å². The molecular weight excluding hydrogens is 236 g/mol. The SMILES string of the molecule is N#CC[C@@H](c1c[nH]c2ccccc12)N1CCNCC1. The van der Waals surface area contributed by atoms with E-state index in [1.54, 1.807) is 0 Å². The highest BCUT2D eigenvalue weighted by Gasteiger charge is 2.24. The van der Waals surface area contributed by atoms with Gasteiger partial charge in [0.1, 0.15) is 0 Å². The van der Waals surface area contributed by atoms with Gasteiger partial charge in [-0.25, -0.2) is 0 Å². The molecule has 0 spiro atoms. The van der Waals surface area contributed by atoms with Gasteiger partial charge in [0.25, 0.3) is 0 Å². The summed E-state index contributed by atoms with van der Waals surface area (Å²) in [6.45, 7) is 4.02. The maximum absolute atomic E-state index is 9.14. The summed E-state index contributed by atoms with van der Waals surface area (Å²) >= 11 is 0. The molecular formula is C15H18N4. The minimum atomic E-state index is 0.197. The van der Waals surface area contributed by atoms with Crippen LogP contribution in [0.5, 0.6) is 0 Å². The maximum Gasteiger partial charge on any atom is 0.0641 e. The first-order chi connectivity index (χ1) is 9.40. The van der Waals surface area contributed by atoms with Gasteiger partial charge in [-0.1, -0.05) is 18.2 Å². The number of benzene rings is 1. The molecule has 1 saturated heterocycles. The quantitative estimate of drug-likeness (QED) is 0.881. The molecule has 1 aliphatic rings. The van der Waals surface area contributed by atoms with E-state index < -0.39 is 0 Å². The second-order valence-electron chi connectivity index (χ2n) is 4.95. The van der Waals surface area contributed by atoms with Crippen molar-refractivity contribution >= 4 is 10.9 Å². The predicted molar refractivity (Wildman–Crippen MR) is 75.7 cm³/mol. The molecule has 0 amide bonds. The van der Waals surface area contributed by atoms with E-state index in [9.17, 15) is 0 Å². The molecule has 19 heavy (non-hydrogen) atoms. The van der Waals surface area contributed by atoms with Crippen LogP contribution in [0.4, 0.5) is 0 Å². The number of rotatable bonds is 3. The number of nitrogens with zero attached hydrogens (tertiary/aromatic N) is 2. The molecule has 0 aliphatic carbocycles. The highest BCUT2D eigenvalue weighted by molar-refractivity contribution is 5.83. The van der Waals surface area contributed by atoms with Gasteiger partial charge in [0.05, 0.1) is 12.5 Å². The van der Waals surface area contributed by atoms with Crippen LogP contribution in [0.1, 0.15) is 18.0 Å². The molecule has 0 saturated carbocycles. The summed E-state index contributed by atoms with van der Waals surface area (Å²) in [7, 11) is 0. The number of para-hydroxylation sites is 1. The van der Waals surface area contributed by atoms with Gasteiger partial charge in [-0.3, -0.25) is 4.90 Å². The first-order valence-corrected chi connectivity index (χ1v) is 6.78. The van der Waals surface area contributed by atoms with Crippen molar-refractivity contribution in [2.75, 3.05) is 26.2 Å². The molecule has 0 unspecified atom stereocenters. The molecule has 4 heteroatoms. The lowest BCUT2D eigenvalue weighted by Gasteiger charge is -2.33. The Kier molecular flexibility index (Phi) is 3.49. The highest BCUT2D eigenvalue weighted by Crippen LogP contribution is 2.30. The van der Waals surface area contributed by atoms with Crippen molar-refractivity contribution in [1.82, 2.24) is 15.2 Å². The second kappa shape index (κ2) is 5.43. The van der Waals surface area contributed by atoms with Crippen molar-refractivity contribution in [3.05, 3.63) is 36.0 Å². The number of H-pyrrole nitrogens is 1. The summed E-state index contributed by atoms with van der Waals surface area (Å²) in [5.41, 5.74) is 2.40. The monoisotopic (exact) mass is 254 g/mol. The molecule has 1 atom stereocenters. The fourth-order valence-electron chi connectivity index (χ4n) is 2.89. The van der Waals surface area contributed by atoms with Crippen molar-refractivity contribution < 1.29 is 0 Å². The smallest absolute Gasteiger partial charge is 0.0641 e. The highest BCUT2D eigenvalue weighted by atomic mass is 15.2. The number of hydrogen-bond donors (Lipinski definition) is 2. The minimum Gasteiger partial charge on any atom is -0.361 e. The van der Waals surface area contributed by atoms with E-state index in [-0.39, 0.29) is 6.04 Å². The van der Waals surface area contributed by atoms with Gasteiger partial charge in [-0.2, -0.15) is 5.26 Å². The van der Waals surface area contributed by atoms with Gasteiger partial charge in [-0.05, 0) is 11.6 Å². The van der Waals surface area contributed by atoms with Gasteiger partial charge >= 0.3 is 0 Å². The zero-order chi connectivity index (χ0) is 13.1. The van der Waals surface area contributed by atoms with Gasteiger partial charge in [0.15, 0.2) is 0 Å². The molecule has 4 nitrogen and oxygen atoms in total. The molecule has 2 aromatic rings. The van der Waals surface area contributed by atoms with Crippen LogP contribution >= 0.6 is 0 Å². The first-order valence-electron chi connectivity index (χ1n) is 6.78. The van der Waals surface area contributed by atoms with E-state index in [2.05, 4.69) is 45.7 Å². The maximum atomic E-state index is 9.14. The van der Waals surface area contributed by atoms with Crippen LogP contribution < -0.4 is 5.32 Å². The largest absolute Gasteiger partial charge is 0.361 e. The average Bonchev–Trinajstić information content (AvgIpc) is 2.89. The standard InChI is InChI=1S/C15H18N4/c16-6-5-15(19-9-7-17-8-10-19)13-11-18-14-4-2-1-3-12(13)14/h1-4,11,15,17-18H,5,7-10H2/t15-/m0/s1. The molecule has 1 fully saturated rings. The van der Waals surface area contributed by atoms with Crippen LogP contribution in [0.3, 0.4) is 0 Å². The van der Waals surface area contributed by atoms with Gasteiger partial charge in [0, 0.05) is 49.3 Å². The Hall–Kier alpha value is -1.83. The number of nitriles is 1. The van der Waals surface area contributed by atoms with Gasteiger partial charge in [0.2, 0.25) is 0 Å². The van der Waals surface area contributed by atoms with Crippen LogP contribution in [-0.4, -0.2) is 36.1 Å². The summed E-state index contributed by atoms with van der Waals surface area (Å²) < 4.78 is 0. The Morgan fingerprint density at radius 2 is 2.05 bits per heavy atom. The summed E-state index contributed by atoms with van der Waals surface area (Å²) in [6, 6.07) is 10.8. The zero-order valence-electron chi connectivity index (χ0n) is 10.9. The number of piperazine rings is 1. The molecule has 0 bridgehead atoms. The van der Waals surface area contributed by atoms with E-state index in [0.29, 0.717) is 6.42 Å². The topological polar surface area (TPSA) is 54.9 Å². The lowest BCUT2D eigenvalue weighted by atomic mass is 10.0. The van der Waals surface area contributed by atoms with Crippen LogP contribution in [0.2, 0.25) is 0 Å². The van der Waals surface area contributed by atoms with Crippen LogP contribution in [-0.2, 0) is 0 Å². The Morgan fingerprint density at radius 3 is 2.84 bits per heavy atom. The summed E-state index contributed by atoms with van der Waals surface area (Å²) in [5, 5.41) is 13.7. The van der Waals surface area contributed by atoms with E-state index in [1.807, 2.05) is 6.07 Å². The molecule has 1 aliphatic heterocycles. The van der Waals surface area contributed by atoms with Crippen molar-refractivity contribution in [1.29, 1.82) is 5.26 Å². The second-order valence-corrected chi connectivity index (χ2v) is 4.95. The van der Waals surface area contributed by atoms with Crippen molar-refractivity contribution in [3.8, 4) is 6.07 Å². The molecule has 2 N–H and O–H groups in total. The fraction of sp³-hybridized carbons (Fsp3) is 0.400. The molecule has 1 aromatic carbocycles. The first kappa shape index (κ1) is 12.2. The molecule has 0 radical (unpaired) electrons. The third-order valence-corrected chi connectivity index (χ3v) is 3.86. The normalized spacial score (nSPS) is 18.3. The van der Waals surface area contributed by atoms with Crippen LogP contribution in [0.25, 0.3) is 10.9 Å². The van der Waals surface area contributed by atoms with Crippen LogP contribution in [0, 0.1) is 11.3 Å². The Labute approximate surface area is 113 Å². The van der Waals surface area contributed by atoms with E-state index in [1.165, 1.54) is 10.9 Å². The molecule has 98 valence electrons. The Bertz CT molecular complexity index is 589. The lowest BCUT2D eigenvalue weighted by molar-refractivity contribution is 0.176. The number of nitrogens with one attached hydrogen (secondary N) is 2. The Morgan fingerprint density at radius 1 is 1.26 bits per heavy atom. The number of aromatic nitrogens is 1. The summed E-state index contributed by atoms with van der Waals surface area (Å²) in [5.74, 6) is 0. The summed E-state index contributed by atoms with van der Waals surface area (Å²) in [4.78, 5) is 5.73. The van der Waals surface area contributed by atoms with E-state index in [4.69, 9.17) is 5.26 Å². The number of fused-ring (bicyclic) bond motifs is 1. The molecule has 2 heterocycles. The zero-order valence-corrected chi connectivity index (χ0v) is 10.9. The molecule has 1 aromatic heterocycles. The minimum absolute atomic E-state index is 0.197. The molecule has 3 rings (SSSR count). The number of hydrogen-bond acceptors (Lipinski definition) is 3. The van der Waals surface area contributed by atoms with Crippen molar-refractivity contribution in [3.63, 3.8) is 0 Å². The summed E-state index contributed by atoms with van der Waals surface area (Å²) in [6.07, 6.45) is 2.61. The Balaban J connectivity index is 1.97. The van der Waals surface area contributed by atoms with Crippen molar-refractivity contribution in [2.45, 2.75) is 12.5 Å². The van der Waals surface area contributed by atoms with Gasteiger partial charge < -0.3 is 10.3 Å². The van der Waals surface area contributed by atoms with Gasteiger partial charge in [-0.15, -0.1) is 0 Å². The van der Waals surface area contributed by atoms with E-state index >= 15 is 0 Å². The third kappa shape index (κ3) is 2.35. The van der Waals surface area contributed by atoms with E-state index in [0.717, 1.165) is 31.7 Å². The fourth-order valence-corrected chi connectivity index (χ4v) is 2.89. The third-order valence-electron chi connectivity index (χ3n) is 3.86. The average molecular weight is 254 g/mol.